The van der Waals surface area contributed by atoms with Gasteiger partial charge in [0.25, 0.3) is 0 Å². The first-order valence-electron chi connectivity index (χ1n) is 8.96. The molecule has 0 aromatic rings. The SMILES string of the molecule is CCC(O)C1C(C2=CC=CC(C)C2)CNC12CCCCC2. The van der Waals surface area contributed by atoms with Crippen LogP contribution in [0.5, 0.6) is 0 Å². The van der Waals surface area contributed by atoms with Gasteiger partial charge in [0, 0.05) is 18.0 Å². The summed E-state index contributed by atoms with van der Waals surface area (Å²) in [7, 11) is 0. The number of hydrogen-bond donors (Lipinski definition) is 2. The molecule has 0 aromatic carbocycles. The highest BCUT2D eigenvalue weighted by atomic mass is 16.3. The molecule has 118 valence electrons. The Morgan fingerprint density at radius 2 is 2.10 bits per heavy atom. The van der Waals surface area contributed by atoms with E-state index in [0.29, 0.717) is 17.8 Å². The summed E-state index contributed by atoms with van der Waals surface area (Å²) in [6, 6.07) is 0. The molecule has 0 bridgehead atoms. The van der Waals surface area contributed by atoms with Gasteiger partial charge >= 0.3 is 0 Å². The standard InChI is InChI=1S/C19H31NO/c1-3-17(21)18-16(15-9-7-8-14(2)12-15)13-20-19(18)10-5-4-6-11-19/h7-9,14,16-18,20-21H,3-6,10-13H2,1-2H3. The third kappa shape index (κ3) is 2.85. The second kappa shape index (κ2) is 6.26. The lowest BCUT2D eigenvalue weighted by atomic mass is 9.66. The number of allylic oxidation sites excluding steroid dienone is 3. The quantitative estimate of drug-likeness (QED) is 0.828. The molecule has 4 atom stereocenters. The number of aliphatic hydroxyl groups excluding tert-OH is 1. The molecule has 3 rings (SSSR count). The van der Waals surface area contributed by atoms with E-state index in [4.69, 9.17) is 0 Å². The van der Waals surface area contributed by atoms with E-state index in [1.807, 2.05) is 0 Å². The van der Waals surface area contributed by atoms with E-state index >= 15 is 0 Å². The van der Waals surface area contributed by atoms with E-state index in [1.165, 1.54) is 38.5 Å². The molecule has 1 saturated carbocycles. The van der Waals surface area contributed by atoms with E-state index in [1.54, 1.807) is 5.57 Å². The maximum absolute atomic E-state index is 10.8. The van der Waals surface area contributed by atoms with E-state index in [-0.39, 0.29) is 11.6 Å². The van der Waals surface area contributed by atoms with Crippen molar-refractivity contribution in [3.05, 3.63) is 23.8 Å². The summed E-state index contributed by atoms with van der Waals surface area (Å²) < 4.78 is 0. The molecule has 2 nitrogen and oxygen atoms in total. The summed E-state index contributed by atoms with van der Waals surface area (Å²) in [4.78, 5) is 0. The van der Waals surface area contributed by atoms with Crippen molar-refractivity contribution in [2.75, 3.05) is 6.54 Å². The molecule has 1 saturated heterocycles. The van der Waals surface area contributed by atoms with Crippen LogP contribution in [0.1, 0.15) is 58.8 Å². The Hall–Kier alpha value is -0.600. The number of hydrogen-bond acceptors (Lipinski definition) is 2. The van der Waals surface area contributed by atoms with Crippen LogP contribution in [0.15, 0.2) is 23.8 Å². The molecule has 1 spiro atoms. The van der Waals surface area contributed by atoms with Crippen LogP contribution in [-0.4, -0.2) is 23.3 Å². The summed E-state index contributed by atoms with van der Waals surface area (Å²) in [6.45, 7) is 5.50. The van der Waals surface area contributed by atoms with Crippen LogP contribution in [-0.2, 0) is 0 Å². The summed E-state index contributed by atoms with van der Waals surface area (Å²) in [5.41, 5.74) is 1.78. The Bertz CT molecular complexity index is 419. The van der Waals surface area contributed by atoms with Gasteiger partial charge in [-0.25, -0.2) is 0 Å². The predicted molar refractivity (Wildman–Crippen MR) is 88.1 cm³/mol. The zero-order valence-electron chi connectivity index (χ0n) is 13.6. The molecule has 3 aliphatic rings. The second-order valence-electron chi connectivity index (χ2n) is 7.51. The lowest BCUT2D eigenvalue weighted by molar-refractivity contribution is 0.0325. The normalized spacial score (nSPS) is 36.7. The Morgan fingerprint density at radius 1 is 1.33 bits per heavy atom. The van der Waals surface area contributed by atoms with E-state index in [0.717, 1.165) is 13.0 Å². The van der Waals surface area contributed by atoms with Crippen molar-refractivity contribution in [3.8, 4) is 0 Å². The fourth-order valence-corrected chi connectivity index (χ4v) is 5.04. The molecule has 2 aliphatic carbocycles. The fourth-order valence-electron chi connectivity index (χ4n) is 5.04. The maximum Gasteiger partial charge on any atom is 0.0589 e. The van der Waals surface area contributed by atoms with Crippen LogP contribution in [0, 0.1) is 17.8 Å². The van der Waals surface area contributed by atoms with Gasteiger partial charge in [0.15, 0.2) is 0 Å². The molecule has 0 radical (unpaired) electrons. The molecular formula is C19H31NO. The highest BCUT2D eigenvalue weighted by Gasteiger charge is 2.51. The maximum atomic E-state index is 10.8. The third-order valence-electron chi connectivity index (χ3n) is 6.11. The molecule has 1 heterocycles. The molecular weight excluding hydrogens is 258 g/mol. The Labute approximate surface area is 129 Å². The van der Waals surface area contributed by atoms with Crippen LogP contribution >= 0.6 is 0 Å². The van der Waals surface area contributed by atoms with Crippen LogP contribution in [0.25, 0.3) is 0 Å². The molecule has 2 heteroatoms. The van der Waals surface area contributed by atoms with Crippen LogP contribution < -0.4 is 5.32 Å². The van der Waals surface area contributed by atoms with E-state index in [9.17, 15) is 5.11 Å². The Kier molecular flexibility index (Phi) is 4.56. The molecule has 0 aromatic heterocycles. The largest absolute Gasteiger partial charge is 0.393 e. The van der Waals surface area contributed by atoms with Crippen molar-refractivity contribution in [2.45, 2.75) is 70.4 Å². The second-order valence-corrected chi connectivity index (χ2v) is 7.51. The first kappa shape index (κ1) is 15.3. The van der Waals surface area contributed by atoms with Crippen molar-refractivity contribution in [3.63, 3.8) is 0 Å². The average molecular weight is 289 g/mol. The zero-order chi connectivity index (χ0) is 14.9. The van der Waals surface area contributed by atoms with Crippen LogP contribution in [0.3, 0.4) is 0 Å². The van der Waals surface area contributed by atoms with E-state index in [2.05, 4.69) is 37.4 Å². The molecule has 21 heavy (non-hydrogen) atoms. The van der Waals surface area contributed by atoms with Crippen LogP contribution in [0.2, 0.25) is 0 Å². The van der Waals surface area contributed by atoms with Gasteiger partial charge in [-0.05, 0) is 37.5 Å². The van der Waals surface area contributed by atoms with Gasteiger partial charge in [-0.15, -0.1) is 0 Å². The number of rotatable bonds is 3. The van der Waals surface area contributed by atoms with Crippen molar-refractivity contribution in [1.29, 1.82) is 0 Å². The monoisotopic (exact) mass is 289 g/mol. The zero-order valence-corrected chi connectivity index (χ0v) is 13.6. The average Bonchev–Trinajstić information content (AvgIpc) is 2.86. The van der Waals surface area contributed by atoms with Crippen molar-refractivity contribution >= 4 is 0 Å². The number of nitrogens with one attached hydrogen (secondary N) is 1. The summed E-state index contributed by atoms with van der Waals surface area (Å²) in [5.74, 6) is 1.59. The minimum absolute atomic E-state index is 0.162. The fraction of sp³-hybridized carbons (Fsp3) is 0.789. The van der Waals surface area contributed by atoms with Crippen molar-refractivity contribution in [1.82, 2.24) is 5.32 Å². The van der Waals surface area contributed by atoms with Gasteiger partial charge in [0.05, 0.1) is 6.10 Å². The van der Waals surface area contributed by atoms with Crippen LogP contribution in [0.4, 0.5) is 0 Å². The van der Waals surface area contributed by atoms with Gasteiger partial charge < -0.3 is 10.4 Å². The molecule has 2 fully saturated rings. The van der Waals surface area contributed by atoms with Crippen molar-refractivity contribution in [2.24, 2.45) is 17.8 Å². The third-order valence-corrected chi connectivity index (χ3v) is 6.11. The molecule has 0 amide bonds. The predicted octanol–water partition coefficient (Wildman–Crippen LogP) is 3.82. The minimum Gasteiger partial charge on any atom is -0.393 e. The first-order chi connectivity index (χ1) is 10.2. The number of aliphatic hydroxyl groups is 1. The lowest BCUT2D eigenvalue weighted by Gasteiger charge is -2.43. The summed E-state index contributed by atoms with van der Waals surface area (Å²) in [6.07, 6.45) is 15.3. The Balaban J connectivity index is 1.86. The highest BCUT2D eigenvalue weighted by molar-refractivity contribution is 5.26. The van der Waals surface area contributed by atoms with Crippen molar-refractivity contribution < 1.29 is 5.11 Å². The van der Waals surface area contributed by atoms with Gasteiger partial charge in [-0.2, -0.15) is 0 Å². The minimum atomic E-state index is -0.162. The Morgan fingerprint density at radius 3 is 2.76 bits per heavy atom. The smallest absolute Gasteiger partial charge is 0.0589 e. The van der Waals surface area contributed by atoms with Gasteiger partial charge in [0.2, 0.25) is 0 Å². The molecule has 4 unspecified atom stereocenters. The molecule has 2 N–H and O–H groups in total. The summed E-state index contributed by atoms with van der Waals surface area (Å²) >= 11 is 0. The van der Waals surface area contributed by atoms with Gasteiger partial charge in [-0.1, -0.05) is 56.9 Å². The molecule has 1 aliphatic heterocycles. The van der Waals surface area contributed by atoms with Gasteiger partial charge in [-0.3, -0.25) is 0 Å². The topological polar surface area (TPSA) is 32.3 Å². The highest BCUT2D eigenvalue weighted by Crippen LogP contribution is 2.47. The first-order valence-corrected chi connectivity index (χ1v) is 8.96. The van der Waals surface area contributed by atoms with E-state index < -0.39 is 0 Å². The summed E-state index contributed by atoms with van der Waals surface area (Å²) in [5, 5.41) is 14.6. The van der Waals surface area contributed by atoms with Gasteiger partial charge in [0.1, 0.15) is 0 Å². The lowest BCUT2D eigenvalue weighted by Crippen LogP contribution is -2.50.